The average molecular weight is 1340 g/mol. The summed E-state index contributed by atoms with van der Waals surface area (Å²) in [6, 6.07) is -4.69. The number of carboxylic acid groups (broad SMARTS) is 2. The first-order valence-electron chi connectivity index (χ1n) is 28.3. The number of nitrogens with one attached hydrogen (secondary N) is 9. The molecule has 91 heavy (non-hydrogen) atoms. The van der Waals surface area contributed by atoms with Gasteiger partial charge in [0.05, 0.1) is 24.8 Å². The molecule has 33 nitrogen and oxygen atoms in total. The molecule has 36 heteroatoms. The van der Waals surface area contributed by atoms with E-state index in [1.807, 2.05) is 0 Å². The molecule has 502 valence electrons. The second-order valence-corrected chi connectivity index (χ2v) is 25.0. The van der Waals surface area contributed by atoms with E-state index in [1.165, 1.54) is 62.0 Å². The molecule has 0 aliphatic carbocycles. The van der Waals surface area contributed by atoms with Gasteiger partial charge in [0.15, 0.2) is 0 Å². The van der Waals surface area contributed by atoms with Gasteiger partial charge in [-0.25, -0.2) is 9.36 Å². The topological polar surface area (TPSA) is 542 Å². The monoisotopic (exact) mass is 1340 g/mol. The third kappa shape index (κ3) is 28.5. The van der Waals surface area contributed by atoms with E-state index >= 15 is 0 Å². The average Bonchev–Trinajstić information content (AvgIpc) is 3.14. The summed E-state index contributed by atoms with van der Waals surface area (Å²) in [4.78, 5) is 198. The molecule has 2 heterocycles. The number of hydrogen-bond acceptors (Lipinski definition) is 21. The van der Waals surface area contributed by atoms with Crippen LogP contribution in [0.15, 0.2) is 48.5 Å². The van der Waals surface area contributed by atoms with Crippen LogP contribution in [-0.4, -0.2) is 188 Å². The van der Waals surface area contributed by atoms with Crippen molar-refractivity contribution < 1.29 is 101 Å². The van der Waals surface area contributed by atoms with Crippen molar-refractivity contribution >= 4 is 114 Å². The SMILES string of the molecule is CSCC[C@@H]1NC(=O)CNC(=O)[C@H](C(C)C)NC(=O)[C@H](CC(N)=O)NC(=O)[C@H](CCC(=O)O)NC(=O)[C@@H](NC(=O)CSC[C@H](N)C(N)=O)Cc2ccc(cc2)OP(=O)(O)OC(=O)[C@H](CC(C)C)NC(=O)[C@H](CCC(=O)O)NC(=O)[C@H](Cc2ccc(O)cc2)NC1=O. The Morgan fingerprint density at radius 1 is 0.670 bits per heavy atom. The fraction of sp³-hybridized carbons (Fsp3) is 0.527. The van der Waals surface area contributed by atoms with E-state index in [1.54, 1.807) is 20.1 Å². The first-order valence-corrected chi connectivity index (χ1v) is 32.4. The molecule has 0 aromatic heterocycles. The number of fused-ring (bicyclic) bond motifs is 31. The molecule has 0 saturated heterocycles. The van der Waals surface area contributed by atoms with E-state index in [-0.39, 0.29) is 42.1 Å². The summed E-state index contributed by atoms with van der Waals surface area (Å²) in [5.41, 5.74) is 16.9. The van der Waals surface area contributed by atoms with E-state index in [2.05, 4.69) is 47.9 Å². The van der Waals surface area contributed by atoms with E-state index in [9.17, 15) is 91.9 Å². The summed E-state index contributed by atoms with van der Waals surface area (Å²) in [7, 11) is -5.49. The molecular weight excluding hydrogens is 1260 g/mol. The smallest absolute Gasteiger partial charge is 0.508 e. The first-order chi connectivity index (χ1) is 42.7. The molecule has 2 aromatic carbocycles. The summed E-state index contributed by atoms with van der Waals surface area (Å²) in [6.45, 7) is 5.34. The molecule has 10 atom stereocenters. The molecule has 2 bridgehead atoms. The third-order valence-corrected chi connectivity index (χ3v) is 15.7. The van der Waals surface area contributed by atoms with Crippen LogP contribution in [0.4, 0.5) is 0 Å². The number of aliphatic carboxylic acids is 2. The Labute approximate surface area is 531 Å². The standard InChI is InChI=1S/C55H79N12O21PS2/c1-27(2)20-40-55(84)88-89(85,86)87-32-12-8-30(9-13-32)21-37(61-43(71)26-91-25-33(56)47(58)76)51(80)62-34(14-16-44(72)73)48(77)65-39(23-41(57)69)53(82)67-46(28(3)4)54(83)59-24-42(70)60-36(18-19-90-5)50(79)64-38(22-29-6-10-31(68)11-7-29)52(81)63-35(49(78)66-40)15-17-45(74)75/h6-13,27-28,33-40,46,68H,14-26,56H2,1-5H3,(H2,57,69)(H2,58,76)(H,59,83)(H,60,70)(H,61,71)(H,62,80)(H,63,81)(H,64,79)(H,65,77)(H,66,78)(H,67,82)(H,72,73)(H,74,75)(H,85,86)/t33-,34-,35-,36-,37-,38-,39-,40-,46-/m0/s1. The number of primary amides is 2. The number of carbonyl (C=O) groups is 14. The van der Waals surface area contributed by atoms with Crippen molar-refractivity contribution in [2.75, 3.05) is 30.1 Å². The van der Waals surface area contributed by atoms with Gasteiger partial charge in [-0.3, -0.25) is 67.2 Å². The highest BCUT2D eigenvalue weighted by molar-refractivity contribution is 8.00. The van der Waals surface area contributed by atoms with Crippen LogP contribution >= 0.6 is 31.3 Å². The number of phenols is 1. The van der Waals surface area contributed by atoms with Crippen molar-refractivity contribution in [3.63, 3.8) is 0 Å². The van der Waals surface area contributed by atoms with Crippen LogP contribution in [0.2, 0.25) is 0 Å². The summed E-state index contributed by atoms with van der Waals surface area (Å²) < 4.78 is 23.6. The Kier molecular flexibility index (Phi) is 31.7. The first kappa shape index (κ1) is 76.7. The lowest BCUT2D eigenvalue weighted by molar-refractivity contribution is -0.142. The Morgan fingerprint density at radius 2 is 1.19 bits per heavy atom. The number of carboxylic acids is 2. The number of amides is 11. The predicted molar refractivity (Wildman–Crippen MR) is 326 cm³/mol. The summed E-state index contributed by atoms with van der Waals surface area (Å²) in [6.07, 6.45) is -3.19. The maximum absolute atomic E-state index is 14.4. The van der Waals surface area contributed by atoms with Gasteiger partial charge in [-0.2, -0.15) is 11.8 Å². The molecule has 2 aliphatic rings. The minimum absolute atomic E-state index is 0.0824. The van der Waals surface area contributed by atoms with Crippen molar-refractivity contribution in [2.45, 2.75) is 140 Å². The lowest BCUT2D eigenvalue weighted by Gasteiger charge is -2.27. The van der Waals surface area contributed by atoms with Gasteiger partial charge >= 0.3 is 25.7 Å². The van der Waals surface area contributed by atoms with Gasteiger partial charge < -0.3 is 89.4 Å². The van der Waals surface area contributed by atoms with Gasteiger partial charge in [0, 0.05) is 31.4 Å². The second-order valence-electron chi connectivity index (χ2n) is 21.7. The Hall–Kier alpha value is -8.53. The highest BCUT2D eigenvalue weighted by Gasteiger charge is 2.38. The molecule has 19 N–H and O–H groups in total. The minimum atomic E-state index is -5.49. The Bertz CT molecular complexity index is 3000. The quantitative estimate of drug-likeness (QED) is 0.0408. The summed E-state index contributed by atoms with van der Waals surface area (Å²) >= 11 is 2.11. The number of hydrogen-bond donors (Lipinski definition) is 16. The number of thioether (sulfide) groups is 2. The van der Waals surface area contributed by atoms with E-state index < -0.39 is 213 Å². The van der Waals surface area contributed by atoms with Crippen molar-refractivity contribution in [1.82, 2.24) is 47.9 Å². The van der Waals surface area contributed by atoms with Crippen LogP contribution in [0.25, 0.3) is 0 Å². The van der Waals surface area contributed by atoms with Crippen molar-refractivity contribution in [3.05, 3.63) is 59.7 Å². The lowest BCUT2D eigenvalue weighted by Crippen LogP contribution is -2.60. The van der Waals surface area contributed by atoms with Crippen molar-refractivity contribution in [1.29, 1.82) is 0 Å². The molecule has 0 radical (unpaired) electrons. The Morgan fingerprint density at radius 3 is 1.71 bits per heavy atom. The van der Waals surface area contributed by atoms with Crippen molar-refractivity contribution in [2.24, 2.45) is 29.0 Å². The zero-order valence-corrected chi connectivity index (χ0v) is 52.9. The largest absolute Gasteiger partial charge is 0.587 e. The van der Waals surface area contributed by atoms with E-state index in [0.717, 1.165) is 23.9 Å². The maximum atomic E-state index is 14.4. The number of benzene rings is 2. The normalized spacial score (nSPS) is 23.6. The molecule has 2 aliphatic heterocycles. The third-order valence-electron chi connectivity index (χ3n) is 13.2. The highest BCUT2D eigenvalue weighted by Crippen LogP contribution is 2.44. The lowest BCUT2D eigenvalue weighted by atomic mass is 10.0. The van der Waals surface area contributed by atoms with Crippen LogP contribution in [0, 0.1) is 11.8 Å². The molecule has 0 saturated carbocycles. The predicted octanol–water partition coefficient (Wildman–Crippen LogP) is -3.19. The van der Waals surface area contributed by atoms with Crippen LogP contribution in [0.3, 0.4) is 0 Å². The van der Waals surface area contributed by atoms with Gasteiger partial charge in [0.25, 0.3) is 0 Å². The van der Waals surface area contributed by atoms with E-state index in [0.29, 0.717) is 5.56 Å². The zero-order valence-electron chi connectivity index (χ0n) is 50.4. The van der Waals surface area contributed by atoms with Gasteiger partial charge in [-0.05, 0) is 84.9 Å². The van der Waals surface area contributed by atoms with Crippen LogP contribution in [0.5, 0.6) is 11.5 Å². The Balaban J connectivity index is 2.21. The fourth-order valence-electron chi connectivity index (χ4n) is 8.48. The van der Waals surface area contributed by atoms with Gasteiger partial charge in [0.1, 0.15) is 59.8 Å². The molecular formula is C55H79N12O21PS2. The van der Waals surface area contributed by atoms with Gasteiger partial charge in [0.2, 0.25) is 65.0 Å². The molecule has 1 unspecified atom stereocenters. The van der Waals surface area contributed by atoms with Crippen LogP contribution in [0.1, 0.15) is 83.8 Å². The molecule has 4 rings (SSSR count). The molecule has 0 fully saturated rings. The number of phosphoric acid groups is 1. The molecule has 0 spiro atoms. The minimum Gasteiger partial charge on any atom is -0.508 e. The summed E-state index contributed by atoms with van der Waals surface area (Å²) in [5.74, 6) is -18.2. The second kappa shape index (κ2) is 37.6. The summed E-state index contributed by atoms with van der Waals surface area (Å²) in [5, 5.41) is 50.8. The van der Waals surface area contributed by atoms with Crippen LogP contribution < -0.4 is 69.6 Å². The molecule has 2 aromatic rings. The van der Waals surface area contributed by atoms with Crippen molar-refractivity contribution in [3.8, 4) is 11.5 Å². The van der Waals surface area contributed by atoms with E-state index in [4.69, 9.17) is 26.2 Å². The number of nitrogens with two attached hydrogens (primary N) is 3. The van der Waals surface area contributed by atoms with Crippen LogP contribution in [-0.2, 0) is 89.1 Å². The van der Waals surface area contributed by atoms with Gasteiger partial charge in [-0.1, -0.05) is 52.0 Å². The number of phosphoric ester groups is 1. The number of carbonyl (C=O) groups excluding carboxylic acids is 12. The number of aromatic hydroxyl groups is 1. The number of phenolic OH excluding ortho intramolecular Hbond substituents is 1. The highest BCUT2D eigenvalue weighted by atomic mass is 32.2. The zero-order chi connectivity index (χ0) is 68.3. The number of rotatable bonds is 22. The van der Waals surface area contributed by atoms with Gasteiger partial charge in [-0.15, -0.1) is 11.8 Å². The molecule has 11 amide bonds. The maximum Gasteiger partial charge on any atom is 0.587 e. The fourth-order valence-corrected chi connectivity index (χ4v) is 10.5.